The number of nitrogens with one attached hydrogen (secondary N) is 1. The van der Waals surface area contributed by atoms with Crippen molar-refractivity contribution in [3.8, 4) is 0 Å². The van der Waals surface area contributed by atoms with E-state index in [4.69, 9.17) is 0 Å². The Labute approximate surface area is 130 Å². The molecule has 5 nitrogen and oxygen atoms in total. The lowest BCUT2D eigenvalue weighted by Gasteiger charge is -2.35. The summed E-state index contributed by atoms with van der Waals surface area (Å²) in [4.78, 5) is 13.1. The molecule has 2 rings (SSSR count). The van der Waals surface area contributed by atoms with Gasteiger partial charge < -0.3 is 5.32 Å². The van der Waals surface area contributed by atoms with Gasteiger partial charge in [0.1, 0.15) is 5.82 Å². The standard InChI is InChI=1S/C16H24FN3O2/c1-2-3-4-5-15(19-10-8-18-9-11-19)14-12-13(17)6-7-16(14)20(21)22/h6-7,12,15,18H,2-5,8-11H2,1H3/t15-/m0/s1. The van der Waals surface area contributed by atoms with Crippen molar-refractivity contribution < 1.29 is 9.31 Å². The monoisotopic (exact) mass is 309 g/mol. The molecule has 1 atom stereocenters. The molecule has 1 heterocycles. The zero-order chi connectivity index (χ0) is 15.9. The fourth-order valence-electron chi connectivity index (χ4n) is 3.07. The average molecular weight is 309 g/mol. The fraction of sp³-hybridized carbons (Fsp3) is 0.625. The number of unbranched alkanes of at least 4 members (excludes halogenated alkanes) is 2. The molecule has 0 amide bonds. The number of rotatable bonds is 7. The number of piperazine rings is 1. The van der Waals surface area contributed by atoms with Crippen LogP contribution in [0.1, 0.15) is 44.2 Å². The molecule has 1 fully saturated rings. The minimum Gasteiger partial charge on any atom is -0.314 e. The van der Waals surface area contributed by atoms with Crippen molar-refractivity contribution in [3.05, 3.63) is 39.7 Å². The number of nitro benzene ring substituents is 1. The minimum absolute atomic E-state index is 0.0291. The van der Waals surface area contributed by atoms with Crippen LogP contribution in [-0.4, -0.2) is 36.0 Å². The molecule has 1 N–H and O–H groups in total. The van der Waals surface area contributed by atoms with Crippen molar-refractivity contribution in [2.24, 2.45) is 0 Å². The topological polar surface area (TPSA) is 58.4 Å². The van der Waals surface area contributed by atoms with Gasteiger partial charge in [-0.25, -0.2) is 4.39 Å². The van der Waals surface area contributed by atoms with Gasteiger partial charge in [0, 0.05) is 43.9 Å². The second-order valence-corrected chi connectivity index (χ2v) is 5.76. The lowest BCUT2D eigenvalue weighted by Crippen LogP contribution is -2.45. The van der Waals surface area contributed by atoms with Crippen LogP contribution >= 0.6 is 0 Å². The highest BCUT2D eigenvalue weighted by Crippen LogP contribution is 2.34. The molecule has 1 saturated heterocycles. The first-order chi connectivity index (χ1) is 10.6. The quantitative estimate of drug-likeness (QED) is 0.477. The first kappa shape index (κ1) is 16.8. The van der Waals surface area contributed by atoms with Gasteiger partial charge in [0.25, 0.3) is 5.69 Å². The van der Waals surface area contributed by atoms with E-state index in [0.717, 1.165) is 51.9 Å². The van der Waals surface area contributed by atoms with E-state index < -0.39 is 10.7 Å². The van der Waals surface area contributed by atoms with E-state index in [0.29, 0.717) is 5.56 Å². The molecular formula is C16H24FN3O2. The van der Waals surface area contributed by atoms with E-state index in [1.807, 2.05) is 0 Å². The highest BCUT2D eigenvalue weighted by Gasteiger charge is 2.28. The van der Waals surface area contributed by atoms with Crippen LogP contribution in [0, 0.1) is 15.9 Å². The van der Waals surface area contributed by atoms with Crippen LogP contribution in [0.25, 0.3) is 0 Å². The van der Waals surface area contributed by atoms with Crippen molar-refractivity contribution in [3.63, 3.8) is 0 Å². The predicted molar refractivity (Wildman–Crippen MR) is 84.4 cm³/mol. The fourth-order valence-corrected chi connectivity index (χ4v) is 3.07. The van der Waals surface area contributed by atoms with Gasteiger partial charge >= 0.3 is 0 Å². The molecule has 0 bridgehead atoms. The largest absolute Gasteiger partial charge is 0.314 e. The second-order valence-electron chi connectivity index (χ2n) is 5.76. The van der Waals surface area contributed by atoms with E-state index >= 15 is 0 Å². The van der Waals surface area contributed by atoms with Crippen LogP contribution in [0.2, 0.25) is 0 Å². The summed E-state index contributed by atoms with van der Waals surface area (Å²) in [5.74, 6) is -0.406. The summed E-state index contributed by atoms with van der Waals surface area (Å²) >= 11 is 0. The second kappa shape index (κ2) is 8.19. The Bertz CT molecular complexity index is 504. The van der Waals surface area contributed by atoms with E-state index in [1.165, 1.54) is 18.2 Å². The van der Waals surface area contributed by atoms with Crippen molar-refractivity contribution in [1.82, 2.24) is 10.2 Å². The third-order valence-corrected chi connectivity index (χ3v) is 4.22. The Morgan fingerprint density at radius 3 is 2.73 bits per heavy atom. The maximum absolute atomic E-state index is 13.7. The smallest absolute Gasteiger partial charge is 0.274 e. The lowest BCUT2D eigenvalue weighted by atomic mass is 9.96. The van der Waals surface area contributed by atoms with Crippen LogP contribution in [0.3, 0.4) is 0 Å². The first-order valence-corrected chi connectivity index (χ1v) is 8.02. The van der Waals surface area contributed by atoms with Gasteiger partial charge in [0.15, 0.2) is 0 Å². The summed E-state index contributed by atoms with van der Waals surface area (Å²) in [6.45, 7) is 5.54. The third kappa shape index (κ3) is 4.24. The van der Waals surface area contributed by atoms with Gasteiger partial charge in [-0.15, -0.1) is 0 Å². The van der Waals surface area contributed by atoms with Gasteiger partial charge in [-0.3, -0.25) is 15.0 Å². The molecule has 1 aliphatic heterocycles. The normalized spacial score (nSPS) is 17.4. The molecule has 22 heavy (non-hydrogen) atoms. The molecule has 0 aliphatic carbocycles. The van der Waals surface area contributed by atoms with E-state index in [9.17, 15) is 14.5 Å². The predicted octanol–water partition coefficient (Wildman–Crippen LogP) is 3.26. The van der Waals surface area contributed by atoms with E-state index in [1.54, 1.807) is 0 Å². The average Bonchev–Trinajstić information content (AvgIpc) is 2.52. The SMILES string of the molecule is CCCCC[C@@H](c1cc(F)ccc1[N+](=O)[O-])N1CCNCC1. The van der Waals surface area contributed by atoms with E-state index in [2.05, 4.69) is 17.1 Å². The molecule has 122 valence electrons. The van der Waals surface area contributed by atoms with Crippen molar-refractivity contribution >= 4 is 5.69 Å². The molecule has 0 unspecified atom stereocenters. The minimum atomic E-state index is -0.406. The summed E-state index contributed by atoms with van der Waals surface area (Å²) in [6, 6.07) is 3.73. The lowest BCUT2D eigenvalue weighted by molar-refractivity contribution is -0.386. The molecule has 0 aromatic heterocycles. The maximum atomic E-state index is 13.7. The molecule has 0 spiro atoms. The summed E-state index contributed by atoms with van der Waals surface area (Å²) in [7, 11) is 0. The van der Waals surface area contributed by atoms with Crippen LogP contribution in [0.15, 0.2) is 18.2 Å². The molecule has 0 radical (unpaired) electrons. The number of halogens is 1. The molecule has 1 aliphatic rings. The summed E-state index contributed by atoms with van der Waals surface area (Å²) in [5.41, 5.74) is 0.546. The Kier molecular flexibility index (Phi) is 6.27. The summed E-state index contributed by atoms with van der Waals surface area (Å²) < 4.78 is 13.7. The number of nitro groups is 1. The van der Waals surface area contributed by atoms with Crippen LogP contribution < -0.4 is 5.32 Å². The Balaban J connectivity index is 2.30. The third-order valence-electron chi connectivity index (χ3n) is 4.22. The molecule has 1 aromatic carbocycles. The van der Waals surface area contributed by atoms with Gasteiger partial charge in [0.05, 0.1) is 4.92 Å². The molecular weight excluding hydrogens is 285 g/mol. The molecule has 6 heteroatoms. The maximum Gasteiger partial charge on any atom is 0.274 e. The van der Waals surface area contributed by atoms with Gasteiger partial charge in [0.2, 0.25) is 0 Å². The zero-order valence-electron chi connectivity index (χ0n) is 13.1. The van der Waals surface area contributed by atoms with Gasteiger partial charge in [-0.2, -0.15) is 0 Å². The van der Waals surface area contributed by atoms with Gasteiger partial charge in [-0.05, 0) is 18.6 Å². The molecule has 1 aromatic rings. The van der Waals surface area contributed by atoms with E-state index in [-0.39, 0.29) is 11.7 Å². The number of nitrogens with zero attached hydrogens (tertiary/aromatic N) is 2. The Hall–Kier alpha value is -1.53. The van der Waals surface area contributed by atoms with Crippen LogP contribution in [-0.2, 0) is 0 Å². The first-order valence-electron chi connectivity index (χ1n) is 8.02. The highest BCUT2D eigenvalue weighted by atomic mass is 19.1. The Morgan fingerprint density at radius 1 is 1.36 bits per heavy atom. The van der Waals surface area contributed by atoms with Crippen molar-refractivity contribution in [2.45, 2.75) is 38.6 Å². The van der Waals surface area contributed by atoms with Crippen molar-refractivity contribution in [2.75, 3.05) is 26.2 Å². The summed E-state index contributed by atoms with van der Waals surface area (Å²) in [6.07, 6.45) is 4.02. The van der Waals surface area contributed by atoms with Crippen molar-refractivity contribution in [1.29, 1.82) is 0 Å². The number of hydrogen-bond acceptors (Lipinski definition) is 4. The molecule has 0 saturated carbocycles. The number of benzene rings is 1. The van der Waals surface area contributed by atoms with Gasteiger partial charge in [-0.1, -0.05) is 26.2 Å². The Morgan fingerprint density at radius 2 is 2.09 bits per heavy atom. The van der Waals surface area contributed by atoms with Crippen LogP contribution in [0.5, 0.6) is 0 Å². The highest BCUT2D eigenvalue weighted by molar-refractivity contribution is 5.42. The number of hydrogen-bond donors (Lipinski definition) is 1. The zero-order valence-corrected chi connectivity index (χ0v) is 13.1. The van der Waals surface area contributed by atoms with Crippen LogP contribution in [0.4, 0.5) is 10.1 Å². The summed E-state index contributed by atoms with van der Waals surface area (Å²) in [5, 5.41) is 14.6.